The third-order valence-electron chi connectivity index (χ3n) is 2.32. The number of sulfone groups is 1. The van der Waals surface area contributed by atoms with Crippen molar-refractivity contribution >= 4 is 21.8 Å². The highest BCUT2D eigenvalue weighted by molar-refractivity contribution is 7.91. The van der Waals surface area contributed by atoms with Crippen LogP contribution in [0, 0.1) is 0 Å². The summed E-state index contributed by atoms with van der Waals surface area (Å²) < 4.78 is 28.5. The molecule has 0 amide bonds. The molecular weight excluding hydrogens is 272 g/mol. The van der Waals surface area contributed by atoms with Gasteiger partial charge in [-0.1, -0.05) is 6.07 Å². The van der Waals surface area contributed by atoms with E-state index in [9.17, 15) is 18.0 Å². The molecule has 0 aliphatic rings. The Morgan fingerprint density at radius 2 is 2.00 bits per heavy atom. The smallest absolute Gasteiger partial charge is 0.335 e. The minimum atomic E-state index is -3.69. The monoisotopic (exact) mass is 286 g/mol. The molecule has 0 saturated heterocycles. The summed E-state index contributed by atoms with van der Waals surface area (Å²) in [6.45, 7) is 1.82. The third-order valence-corrected chi connectivity index (χ3v) is 4.03. The van der Waals surface area contributed by atoms with Gasteiger partial charge in [-0.2, -0.15) is 0 Å². The minimum Gasteiger partial charge on any atom is -0.478 e. The number of carboxylic acid groups (broad SMARTS) is 1. The number of carbonyl (C=O) groups is 2. The van der Waals surface area contributed by atoms with Crippen molar-refractivity contribution < 1.29 is 27.9 Å². The molecule has 1 N–H and O–H groups in total. The van der Waals surface area contributed by atoms with Gasteiger partial charge in [0.05, 0.1) is 29.2 Å². The van der Waals surface area contributed by atoms with Crippen molar-refractivity contribution in [3.63, 3.8) is 0 Å². The Kier molecular flexibility index (Phi) is 5.05. The third kappa shape index (κ3) is 4.36. The highest BCUT2D eigenvalue weighted by Gasteiger charge is 2.18. The van der Waals surface area contributed by atoms with Crippen molar-refractivity contribution in [2.75, 3.05) is 12.4 Å². The summed E-state index contributed by atoms with van der Waals surface area (Å²) in [7, 11) is -3.69. The fourth-order valence-corrected chi connectivity index (χ4v) is 2.65. The van der Waals surface area contributed by atoms with Crippen molar-refractivity contribution in [1.29, 1.82) is 0 Å². The second kappa shape index (κ2) is 6.33. The largest absolute Gasteiger partial charge is 0.478 e. The van der Waals surface area contributed by atoms with Crippen molar-refractivity contribution in [3.8, 4) is 0 Å². The molecule has 0 radical (unpaired) electrons. The number of carboxylic acids is 1. The molecule has 0 aromatic heterocycles. The molecule has 1 aromatic rings. The van der Waals surface area contributed by atoms with Gasteiger partial charge in [-0.25, -0.2) is 13.2 Å². The molecule has 1 aromatic carbocycles. The molecule has 0 atom stereocenters. The van der Waals surface area contributed by atoms with Crippen LogP contribution in [0.4, 0.5) is 0 Å². The first kappa shape index (κ1) is 15.2. The van der Waals surface area contributed by atoms with Crippen LogP contribution in [-0.4, -0.2) is 37.8 Å². The van der Waals surface area contributed by atoms with Gasteiger partial charge in [-0.05, 0) is 25.1 Å². The quantitative estimate of drug-likeness (QED) is 0.787. The first-order valence-corrected chi connectivity index (χ1v) is 7.24. The number of aromatic carboxylic acids is 1. The molecular formula is C12H14O6S. The molecule has 104 valence electrons. The predicted molar refractivity (Wildman–Crippen MR) is 66.7 cm³/mol. The summed E-state index contributed by atoms with van der Waals surface area (Å²) in [5.41, 5.74) is -0.114. The fraction of sp³-hybridized carbons (Fsp3) is 0.333. The van der Waals surface area contributed by atoms with Crippen molar-refractivity contribution in [2.45, 2.75) is 18.2 Å². The molecule has 0 aliphatic carbocycles. The van der Waals surface area contributed by atoms with Crippen LogP contribution in [-0.2, 0) is 19.4 Å². The van der Waals surface area contributed by atoms with E-state index < -0.39 is 27.5 Å². The minimum absolute atomic E-state index is 0.114. The molecule has 6 nitrogen and oxygen atoms in total. The average Bonchev–Trinajstić information content (AvgIpc) is 2.37. The van der Waals surface area contributed by atoms with Crippen LogP contribution in [0.3, 0.4) is 0 Å². The van der Waals surface area contributed by atoms with Crippen LogP contribution in [0.1, 0.15) is 23.7 Å². The number of esters is 1. The number of hydrogen-bond acceptors (Lipinski definition) is 5. The maximum Gasteiger partial charge on any atom is 0.335 e. The van der Waals surface area contributed by atoms with Crippen molar-refractivity contribution in [3.05, 3.63) is 29.8 Å². The molecule has 7 heteroatoms. The summed E-state index contributed by atoms with van der Waals surface area (Å²) in [4.78, 5) is 21.8. The van der Waals surface area contributed by atoms with Gasteiger partial charge in [0.1, 0.15) is 0 Å². The van der Waals surface area contributed by atoms with Crippen LogP contribution in [0.15, 0.2) is 29.2 Å². The SMILES string of the molecule is CCOC(=O)CCS(=O)(=O)c1cccc(C(=O)O)c1. The van der Waals surface area contributed by atoms with Gasteiger partial charge in [-0.15, -0.1) is 0 Å². The number of rotatable bonds is 6. The maximum absolute atomic E-state index is 11.9. The Morgan fingerprint density at radius 3 is 2.58 bits per heavy atom. The summed E-state index contributed by atoms with van der Waals surface area (Å²) >= 11 is 0. The van der Waals surface area contributed by atoms with Gasteiger partial charge in [0.2, 0.25) is 0 Å². The van der Waals surface area contributed by atoms with Gasteiger partial charge in [0, 0.05) is 0 Å². The molecule has 19 heavy (non-hydrogen) atoms. The first-order chi connectivity index (χ1) is 8.86. The van der Waals surface area contributed by atoms with Gasteiger partial charge in [0.25, 0.3) is 0 Å². The summed E-state index contributed by atoms with van der Waals surface area (Å²) in [5.74, 6) is -2.21. The second-order valence-electron chi connectivity index (χ2n) is 3.71. The summed E-state index contributed by atoms with van der Waals surface area (Å²) in [5, 5.41) is 8.79. The van der Waals surface area contributed by atoms with E-state index in [1.165, 1.54) is 18.2 Å². The predicted octanol–water partition coefficient (Wildman–Crippen LogP) is 1.11. The van der Waals surface area contributed by atoms with Crippen LogP contribution < -0.4 is 0 Å². The van der Waals surface area contributed by atoms with E-state index in [2.05, 4.69) is 4.74 Å². The highest BCUT2D eigenvalue weighted by Crippen LogP contribution is 2.14. The zero-order valence-corrected chi connectivity index (χ0v) is 11.1. The molecule has 0 aliphatic heterocycles. The number of benzene rings is 1. The van der Waals surface area contributed by atoms with Gasteiger partial charge in [-0.3, -0.25) is 4.79 Å². The standard InChI is InChI=1S/C12H14O6S/c1-2-18-11(13)6-7-19(16,17)10-5-3-4-9(8-10)12(14)15/h3-5,8H,2,6-7H2,1H3,(H,14,15). The molecule has 0 fully saturated rings. The molecule has 0 bridgehead atoms. The van der Waals surface area contributed by atoms with Crippen molar-refractivity contribution in [2.24, 2.45) is 0 Å². The Balaban J connectivity index is 2.85. The molecule has 1 rings (SSSR count). The Hall–Kier alpha value is -1.89. The van der Waals surface area contributed by atoms with Crippen LogP contribution in [0.25, 0.3) is 0 Å². The number of hydrogen-bond donors (Lipinski definition) is 1. The zero-order chi connectivity index (χ0) is 14.5. The Bertz CT molecular complexity index is 576. The number of ether oxygens (including phenoxy) is 1. The van der Waals surface area contributed by atoms with E-state index in [1.807, 2.05) is 0 Å². The van der Waals surface area contributed by atoms with Gasteiger partial charge >= 0.3 is 11.9 Å². The lowest BCUT2D eigenvalue weighted by molar-refractivity contribution is -0.142. The molecule has 0 saturated carbocycles. The van der Waals surface area contributed by atoms with E-state index in [0.29, 0.717) is 0 Å². The van der Waals surface area contributed by atoms with E-state index >= 15 is 0 Å². The zero-order valence-electron chi connectivity index (χ0n) is 10.3. The van der Waals surface area contributed by atoms with E-state index in [-0.39, 0.29) is 23.5 Å². The van der Waals surface area contributed by atoms with Crippen LogP contribution in [0.2, 0.25) is 0 Å². The van der Waals surface area contributed by atoms with Crippen molar-refractivity contribution in [1.82, 2.24) is 0 Å². The Labute approximate surface area is 110 Å². The van der Waals surface area contributed by atoms with Crippen LogP contribution in [0.5, 0.6) is 0 Å². The van der Waals surface area contributed by atoms with Gasteiger partial charge in [0.15, 0.2) is 9.84 Å². The lowest BCUT2D eigenvalue weighted by Crippen LogP contribution is -2.14. The summed E-state index contributed by atoms with van der Waals surface area (Å²) in [6.07, 6.45) is -0.256. The van der Waals surface area contributed by atoms with E-state index in [0.717, 1.165) is 6.07 Å². The lowest BCUT2D eigenvalue weighted by atomic mass is 10.2. The fourth-order valence-electron chi connectivity index (χ4n) is 1.39. The van der Waals surface area contributed by atoms with Gasteiger partial charge < -0.3 is 9.84 Å². The Morgan fingerprint density at radius 1 is 1.32 bits per heavy atom. The summed E-state index contributed by atoms with van der Waals surface area (Å²) in [6, 6.07) is 5.02. The van der Waals surface area contributed by atoms with Crippen LogP contribution >= 0.6 is 0 Å². The highest BCUT2D eigenvalue weighted by atomic mass is 32.2. The lowest BCUT2D eigenvalue weighted by Gasteiger charge is -2.05. The topological polar surface area (TPSA) is 97.7 Å². The average molecular weight is 286 g/mol. The second-order valence-corrected chi connectivity index (χ2v) is 5.82. The molecule has 0 heterocycles. The van der Waals surface area contributed by atoms with E-state index in [4.69, 9.17) is 5.11 Å². The normalized spacial score (nSPS) is 11.0. The first-order valence-electron chi connectivity index (χ1n) is 5.58. The van der Waals surface area contributed by atoms with E-state index in [1.54, 1.807) is 6.92 Å². The molecule has 0 unspecified atom stereocenters. The maximum atomic E-state index is 11.9. The molecule has 0 spiro atoms. The number of carbonyl (C=O) groups excluding carboxylic acids is 1.